The summed E-state index contributed by atoms with van der Waals surface area (Å²) in [5, 5.41) is 80.8. The molecule has 1 saturated carbocycles. The van der Waals surface area contributed by atoms with Gasteiger partial charge in [-0.3, -0.25) is 4.79 Å². The average molecular weight is 657 g/mol. The van der Waals surface area contributed by atoms with Gasteiger partial charge in [-0.05, 0) is 17.7 Å². The van der Waals surface area contributed by atoms with Gasteiger partial charge in [0.15, 0.2) is 12.6 Å². The zero-order valence-corrected chi connectivity index (χ0v) is 24.8. The number of phenols is 1. The second-order valence-corrected chi connectivity index (χ2v) is 12.0. The molecular weight excluding hydrogens is 616 g/mol. The monoisotopic (exact) mass is 656 g/mol. The third-order valence-corrected chi connectivity index (χ3v) is 9.02. The maximum Gasteiger partial charge on any atom is 0.337 e. The lowest BCUT2D eigenvalue weighted by molar-refractivity contribution is -0.354. The number of Topliss-reactive ketones (excluding diaryl/α,β-unsaturated/α-hetero) is 1. The van der Waals surface area contributed by atoms with E-state index < -0.39 is 105 Å². The van der Waals surface area contributed by atoms with Crippen LogP contribution in [0.2, 0.25) is 0 Å². The molecule has 0 aromatic heterocycles. The van der Waals surface area contributed by atoms with E-state index in [0.29, 0.717) is 6.42 Å². The van der Waals surface area contributed by atoms with Crippen LogP contribution in [0.25, 0.3) is 0 Å². The van der Waals surface area contributed by atoms with Crippen molar-refractivity contribution in [3.63, 3.8) is 0 Å². The van der Waals surface area contributed by atoms with Crippen molar-refractivity contribution in [2.24, 2.45) is 17.8 Å². The van der Waals surface area contributed by atoms with Crippen molar-refractivity contribution in [2.75, 3.05) is 19.8 Å². The first kappa shape index (κ1) is 34.6. The Kier molecular flexibility index (Phi) is 11.0. The van der Waals surface area contributed by atoms with Gasteiger partial charge >= 0.3 is 5.97 Å². The smallest absolute Gasteiger partial charge is 0.337 e. The minimum atomic E-state index is -1.79. The van der Waals surface area contributed by atoms with Gasteiger partial charge in [0, 0.05) is 30.6 Å². The number of phenolic OH excluding ortho intramolecular Hbond substituents is 1. The van der Waals surface area contributed by atoms with Crippen LogP contribution in [0.1, 0.15) is 18.9 Å². The molecule has 14 atom stereocenters. The highest BCUT2D eigenvalue weighted by atomic mass is 16.8. The van der Waals surface area contributed by atoms with E-state index in [0.717, 1.165) is 11.8 Å². The summed E-state index contributed by atoms with van der Waals surface area (Å²) >= 11 is 0. The number of aliphatic hydroxyl groups excluding tert-OH is 7. The molecule has 256 valence electrons. The van der Waals surface area contributed by atoms with E-state index in [9.17, 15) is 50.4 Å². The summed E-state index contributed by atoms with van der Waals surface area (Å²) < 4.78 is 33.5. The quantitative estimate of drug-likeness (QED) is 0.118. The summed E-state index contributed by atoms with van der Waals surface area (Å²) in [7, 11) is 0. The summed E-state index contributed by atoms with van der Waals surface area (Å²) in [6.07, 6.45) is -15.8. The molecule has 0 bridgehead atoms. The highest BCUT2D eigenvalue weighted by Crippen LogP contribution is 2.46. The Morgan fingerprint density at radius 3 is 2.17 bits per heavy atom. The van der Waals surface area contributed by atoms with E-state index in [-0.39, 0.29) is 30.1 Å². The van der Waals surface area contributed by atoms with Crippen LogP contribution < -0.4 is 0 Å². The van der Waals surface area contributed by atoms with Crippen molar-refractivity contribution in [3.05, 3.63) is 41.7 Å². The van der Waals surface area contributed by atoms with Crippen LogP contribution in [0, 0.1) is 17.8 Å². The molecule has 8 N–H and O–H groups in total. The van der Waals surface area contributed by atoms with E-state index in [1.165, 1.54) is 12.1 Å². The predicted molar refractivity (Wildman–Crippen MR) is 149 cm³/mol. The molecule has 1 aromatic carbocycles. The van der Waals surface area contributed by atoms with Crippen LogP contribution in [-0.4, -0.2) is 140 Å². The van der Waals surface area contributed by atoms with Crippen molar-refractivity contribution in [3.8, 4) is 5.75 Å². The SMILES string of the molecule is C[C@H]1C(=O)C[C@@H]2C(C(=O)OCCc3ccc(O)cc3)=CO[C@@H](O[C@@H]3O[C@H](CO[C@H]4O[C@H](CO)[C@@H](O)[C@H](O)[C@H]4O)[C@@H](O)[C@H](O)[C@H]3O)[C@@H]21. The van der Waals surface area contributed by atoms with Crippen LogP contribution in [0.3, 0.4) is 0 Å². The maximum absolute atomic E-state index is 13.0. The fourth-order valence-electron chi connectivity index (χ4n) is 6.19. The largest absolute Gasteiger partial charge is 0.508 e. The number of aromatic hydroxyl groups is 1. The number of ether oxygens (including phenoxy) is 6. The number of hydrogen-bond acceptors (Lipinski definition) is 16. The first-order valence-corrected chi connectivity index (χ1v) is 15.0. The lowest BCUT2D eigenvalue weighted by Gasteiger charge is -2.44. The van der Waals surface area contributed by atoms with E-state index in [1.807, 2.05) is 0 Å². The van der Waals surface area contributed by atoms with Gasteiger partial charge in [0.1, 0.15) is 60.4 Å². The van der Waals surface area contributed by atoms with Crippen LogP contribution in [0.15, 0.2) is 36.1 Å². The molecule has 16 nitrogen and oxygen atoms in total. The third kappa shape index (κ3) is 7.07. The zero-order chi connectivity index (χ0) is 33.3. The van der Waals surface area contributed by atoms with Gasteiger partial charge < -0.3 is 69.3 Å². The number of hydrogen-bond donors (Lipinski definition) is 8. The molecule has 4 aliphatic rings. The van der Waals surface area contributed by atoms with E-state index in [2.05, 4.69) is 0 Å². The van der Waals surface area contributed by atoms with E-state index in [1.54, 1.807) is 19.1 Å². The molecule has 0 unspecified atom stereocenters. The summed E-state index contributed by atoms with van der Waals surface area (Å²) in [5.74, 6) is -2.66. The van der Waals surface area contributed by atoms with Gasteiger partial charge in [-0.25, -0.2) is 4.79 Å². The fraction of sp³-hybridized carbons (Fsp3) is 0.667. The number of benzene rings is 1. The summed E-state index contributed by atoms with van der Waals surface area (Å²) in [6.45, 7) is 0.447. The Hall–Kier alpha value is -2.74. The Morgan fingerprint density at radius 1 is 0.870 bits per heavy atom. The van der Waals surface area contributed by atoms with Gasteiger partial charge in [-0.15, -0.1) is 0 Å². The minimum Gasteiger partial charge on any atom is -0.508 e. The number of carbonyl (C=O) groups excluding carboxylic acids is 2. The second-order valence-electron chi connectivity index (χ2n) is 12.0. The van der Waals surface area contributed by atoms with Crippen molar-refractivity contribution in [1.82, 2.24) is 0 Å². The van der Waals surface area contributed by atoms with Crippen molar-refractivity contribution in [2.45, 2.75) is 87.5 Å². The van der Waals surface area contributed by atoms with E-state index >= 15 is 0 Å². The van der Waals surface area contributed by atoms with Crippen LogP contribution >= 0.6 is 0 Å². The molecule has 1 aromatic rings. The number of ketones is 1. The van der Waals surface area contributed by atoms with Crippen molar-refractivity contribution >= 4 is 11.8 Å². The molecule has 3 aliphatic heterocycles. The topological polar surface area (TPSA) is 251 Å². The standard InChI is InChI=1S/C30H40O16/c1-12-17(33)8-15-16(27(40)41-7-6-13-2-4-14(32)5-3-13)10-42-28(20(12)15)46-30-26(39)24(37)22(35)19(45-30)11-43-29-25(38)23(36)21(34)18(9-31)44-29/h2-5,10,12,15,18-26,28-32,34-39H,6-9,11H2,1H3/t12-,15+,18+,19+,20+,21+,22+,23-,24-,25+,26+,28-,29-,30-/m0/s1. The van der Waals surface area contributed by atoms with Crippen LogP contribution in [-0.2, 0) is 44.4 Å². The molecule has 0 radical (unpaired) electrons. The summed E-state index contributed by atoms with van der Waals surface area (Å²) in [6, 6.07) is 6.44. The Morgan fingerprint density at radius 2 is 1.50 bits per heavy atom. The predicted octanol–water partition coefficient (Wildman–Crippen LogP) is -2.80. The molecule has 2 saturated heterocycles. The Labute approximate surface area is 263 Å². The number of aliphatic hydroxyl groups is 7. The zero-order valence-electron chi connectivity index (χ0n) is 24.8. The molecule has 0 spiro atoms. The van der Waals surface area contributed by atoms with Gasteiger partial charge in [-0.1, -0.05) is 19.1 Å². The Balaban J connectivity index is 1.23. The van der Waals surface area contributed by atoms with E-state index in [4.69, 9.17) is 28.4 Å². The van der Waals surface area contributed by atoms with Crippen LogP contribution in [0.5, 0.6) is 5.75 Å². The molecule has 16 heteroatoms. The molecular formula is C30H40O16. The highest BCUT2D eigenvalue weighted by Gasteiger charge is 2.54. The normalized spacial score (nSPS) is 41.0. The third-order valence-electron chi connectivity index (χ3n) is 9.02. The maximum atomic E-state index is 13.0. The number of carbonyl (C=O) groups is 2. The number of rotatable bonds is 10. The summed E-state index contributed by atoms with van der Waals surface area (Å²) in [5.41, 5.74) is 0.977. The minimum absolute atomic E-state index is 0.0128. The van der Waals surface area contributed by atoms with Crippen molar-refractivity contribution in [1.29, 1.82) is 0 Å². The second kappa shape index (κ2) is 14.6. The van der Waals surface area contributed by atoms with Gasteiger partial charge in [0.25, 0.3) is 0 Å². The molecule has 0 amide bonds. The summed E-state index contributed by atoms with van der Waals surface area (Å²) in [4.78, 5) is 25.8. The molecule has 5 rings (SSSR count). The average Bonchev–Trinajstić information content (AvgIpc) is 3.35. The number of esters is 1. The van der Waals surface area contributed by atoms with Crippen molar-refractivity contribution < 1.29 is 78.9 Å². The molecule has 3 heterocycles. The lowest BCUT2D eigenvalue weighted by atomic mass is 9.83. The molecule has 46 heavy (non-hydrogen) atoms. The fourth-order valence-corrected chi connectivity index (χ4v) is 6.19. The van der Waals surface area contributed by atoms with Crippen LogP contribution in [0.4, 0.5) is 0 Å². The molecule has 3 fully saturated rings. The van der Waals surface area contributed by atoms with Gasteiger partial charge in [-0.2, -0.15) is 0 Å². The Bertz CT molecular complexity index is 1240. The number of fused-ring (bicyclic) bond motifs is 1. The highest BCUT2D eigenvalue weighted by molar-refractivity contribution is 5.93. The van der Waals surface area contributed by atoms with Gasteiger partial charge in [0.2, 0.25) is 6.29 Å². The lowest BCUT2D eigenvalue weighted by Crippen LogP contribution is -2.62. The van der Waals surface area contributed by atoms with Gasteiger partial charge in [0.05, 0.1) is 31.7 Å². The first-order valence-electron chi connectivity index (χ1n) is 15.0. The molecule has 1 aliphatic carbocycles. The first-order chi connectivity index (χ1) is 21.9.